The molecule has 2 aliphatic rings. The molecule has 10 heteroatoms. The fourth-order valence-corrected chi connectivity index (χ4v) is 4.85. The number of hydrogen-bond acceptors (Lipinski definition) is 7. The van der Waals surface area contributed by atoms with Crippen molar-refractivity contribution in [2.45, 2.75) is 11.4 Å². The quantitative estimate of drug-likeness (QED) is 0.752. The maximum absolute atomic E-state index is 13.3. The van der Waals surface area contributed by atoms with Gasteiger partial charge in [-0.1, -0.05) is 5.21 Å². The Morgan fingerprint density at radius 2 is 2.08 bits per heavy atom. The molecule has 2 aromatic rings. The molecule has 0 spiro atoms. The molecule has 0 amide bonds. The minimum absolute atomic E-state index is 0.209. The number of anilines is 1. The molecular formula is C16H21N5O4S. The molecule has 0 bridgehead atoms. The summed E-state index contributed by atoms with van der Waals surface area (Å²) in [5.41, 5.74) is 2.11. The molecular weight excluding hydrogens is 358 g/mol. The summed E-state index contributed by atoms with van der Waals surface area (Å²) in [4.78, 5) is 2.37. The van der Waals surface area contributed by atoms with Gasteiger partial charge in [0.05, 0.1) is 43.9 Å². The highest BCUT2D eigenvalue weighted by Crippen LogP contribution is 2.32. The van der Waals surface area contributed by atoms with Crippen LogP contribution in [0.15, 0.2) is 29.3 Å². The highest BCUT2D eigenvalue weighted by atomic mass is 32.2. The van der Waals surface area contributed by atoms with E-state index in [1.807, 2.05) is 6.07 Å². The lowest BCUT2D eigenvalue weighted by Crippen LogP contribution is -2.36. The van der Waals surface area contributed by atoms with Crippen molar-refractivity contribution in [2.24, 2.45) is 0 Å². The van der Waals surface area contributed by atoms with Crippen LogP contribution in [0.2, 0.25) is 0 Å². The van der Waals surface area contributed by atoms with Crippen molar-refractivity contribution in [3.8, 4) is 5.69 Å². The van der Waals surface area contributed by atoms with E-state index in [2.05, 4.69) is 15.2 Å². The van der Waals surface area contributed by atoms with E-state index in [4.69, 9.17) is 9.47 Å². The number of rotatable bonds is 4. The van der Waals surface area contributed by atoms with Crippen molar-refractivity contribution in [1.29, 1.82) is 0 Å². The van der Waals surface area contributed by atoms with Crippen molar-refractivity contribution in [3.05, 3.63) is 30.1 Å². The van der Waals surface area contributed by atoms with Crippen LogP contribution in [0.3, 0.4) is 0 Å². The average molecular weight is 379 g/mol. The zero-order valence-corrected chi connectivity index (χ0v) is 15.4. The predicted octanol–water partition coefficient (Wildman–Crippen LogP) is 0.255. The van der Waals surface area contributed by atoms with Gasteiger partial charge in [-0.25, -0.2) is 13.1 Å². The Morgan fingerprint density at radius 1 is 1.27 bits per heavy atom. The minimum Gasteiger partial charge on any atom is -0.383 e. The van der Waals surface area contributed by atoms with Crippen LogP contribution in [0.4, 0.5) is 5.69 Å². The van der Waals surface area contributed by atoms with Crippen LogP contribution in [0.25, 0.3) is 5.69 Å². The lowest BCUT2D eigenvalue weighted by Gasteiger charge is -2.29. The second kappa shape index (κ2) is 6.95. The fraction of sp³-hybridized carbons (Fsp3) is 0.500. The molecule has 0 unspecified atom stereocenters. The van der Waals surface area contributed by atoms with Crippen molar-refractivity contribution in [2.75, 3.05) is 51.5 Å². The first-order chi connectivity index (χ1) is 12.6. The lowest BCUT2D eigenvalue weighted by molar-refractivity contribution is 0.122. The third-order valence-corrected chi connectivity index (χ3v) is 6.54. The molecule has 1 fully saturated rings. The smallest absolute Gasteiger partial charge is 0.245 e. The summed E-state index contributed by atoms with van der Waals surface area (Å²) in [5.74, 6) is 0. The van der Waals surface area contributed by atoms with E-state index < -0.39 is 10.0 Å². The molecule has 3 heterocycles. The molecule has 1 saturated heterocycles. The van der Waals surface area contributed by atoms with Crippen LogP contribution < -0.4 is 4.90 Å². The van der Waals surface area contributed by atoms with E-state index in [-0.39, 0.29) is 18.0 Å². The van der Waals surface area contributed by atoms with Crippen LogP contribution in [0.1, 0.15) is 5.69 Å². The summed E-state index contributed by atoms with van der Waals surface area (Å²) in [6.45, 7) is 3.54. The van der Waals surface area contributed by atoms with Gasteiger partial charge in [-0.2, -0.15) is 4.31 Å². The number of ether oxygens (including phenoxy) is 2. The summed E-state index contributed by atoms with van der Waals surface area (Å²) in [5, 5.41) is 8.04. The third-order valence-electron chi connectivity index (χ3n) is 4.67. The van der Waals surface area contributed by atoms with Gasteiger partial charge in [-0.05, 0) is 18.2 Å². The summed E-state index contributed by atoms with van der Waals surface area (Å²) in [6.07, 6.45) is 1.60. The Balaban J connectivity index is 1.82. The topological polar surface area (TPSA) is 89.8 Å². The Morgan fingerprint density at radius 3 is 2.85 bits per heavy atom. The summed E-state index contributed by atoms with van der Waals surface area (Å²) in [6, 6.07) is 5.46. The van der Waals surface area contributed by atoms with Gasteiger partial charge in [0, 0.05) is 32.4 Å². The maximum atomic E-state index is 13.3. The molecule has 26 heavy (non-hydrogen) atoms. The molecule has 4 rings (SSSR count). The maximum Gasteiger partial charge on any atom is 0.245 e. The van der Waals surface area contributed by atoms with Gasteiger partial charge in [-0.3, -0.25) is 0 Å². The first-order valence-corrected chi connectivity index (χ1v) is 9.91. The normalized spacial score (nSPS) is 19.7. The van der Waals surface area contributed by atoms with E-state index >= 15 is 0 Å². The number of sulfonamides is 1. The summed E-state index contributed by atoms with van der Waals surface area (Å²) in [7, 11) is -2.13. The Labute approximate surface area is 152 Å². The van der Waals surface area contributed by atoms with Crippen LogP contribution >= 0.6 is 0 Å². The Bertz CT molecular complexity index is 892. The SMILES string of the molecule is COCCN1Cc2cnnn2-c2ccc(N3CCOCC3)cc2S1(=O)=O. The second-order valence-electron chi connectivity index (χ2n) is 6.22. The van der Waals surface area contributed by atoms with E-state index in [1.54, 1.807) is 30.1 Å². The minimum atomic E-state index is -3.68. The fourth-order valence-electron chi connectivity index (χ4n) is 3.27. The van der Waals surface area contributed by atoms with Crippen LogP contribution in [0, 0.1) is 0 Å². The van der Waals surface area contributed by atoms with Gasteiger partial charge in [-0.15, -0.1) is 5.10 Å². The summed E-state index contributed by atoms with van der Waals surface area (Å²) >= 11 is 0. The molecule has 9 nitrogen and oxygen atoms in total. The van der Waals surface area contributed by atoms with Crippen molar-refractivity contribution < 1.29 is 17.9 Å². The molecule has 1 aromatic carbocycles. The van der Waals surface area contributed by atoms with Gasteiger partial charge in [0.15, 0.2) is 0 Å². The Kier molecular flexibility index (Phi) is 4.65. The monoisotopic (exact) mass is 379 g/mol. The number of nitrogens with zero attached hydrogens (tertiary/aromatic N) is 5. The standard InChI is InChI=1S/C16H21N5O4S/c1-24-7-6-20-12-14-11-17-18-21(14)15-3-2-13(10-16(15)26(20,22)23)19-4-8-25-9-5-19/h2-3,10-11H,4-9,12H2,1H3. The zero-order chi connectivity index (χ0) is 18.1. The van der Waals surface area contributed by atoms with Crippen molar-refractivity contribution >= 4 is 15.7 Å². The van der Waals surface area contributed by atoms with Gasteiger partial charge in [0.2, 0.25) is 10.0 Å². The van der Waals surface area contributed by atoms with E-state index in [0.29, 0.717) is 25.5 Å². The number of aromatic nitrogens is 3. The molecule has 0 aliphatic carbocycles. The lowest BCUT2D eigenvalue weighted by atomic mass is 10.2. The molecule has 1 aromatic heterocycles. The molecule has 0 radical (unpaired) electrons. The zero-order valence-electron chi connectivity index (χ0n) is 14.5. The first kappa shape index (κ1) is 17.4. The van der Waals surface area contributed by atoms with Gasteiger partial charge in [0.25, 0.3) is 0 Å². The molecule has 0 atom stereocenters. The van der Waals surface area contributed by atoms with Crippen LogP contribution in [0.5, 0.6) is 0 Å². The highest BCUT2D eigenvalue weighted by molar-refractivity contribution is 7.89. The van der Waals surface area contributed by atoms with E-state index in [9.17, 15) is 8.42 Å². The number of morpholine rings is 1. The van der Waals surface area contributed by atoms with Crippen molar-refractivity contribution in [1.82, 2.24) is 19.3 Å². The van der Waals surface area contributed by atoms with Gasteiger partial charge < -0.3 is 14.4 Å². The van der Waals surface area contributed by atoms with Gasteiger partial charge in [0.1, 0.15) is 4.90 Å². The average Bonchev–Trinajstić information content (AvgIpc) is 3.10. The molecule has 2 aliphatic heterocycles. The van der Waals surface area contributed by atoms with Crippen LogP contribution in [-0.2, 0) is 26.0 Å². The van der Waals surface area contributed by atoms with E-state index in [1.165, 1.54) is 4.31 Å². The van der Waals surface area contributed by atoms with Crippen molar-refractivity contribution in [3.63, 3.8) is 0 Å². The number of fused-ring (bicyclic) bond motifs is 3. The first-order valence-electron chi connectivity index (χ1n) is 8.47. The molecule has 0 saturated carbocycles. The predicted molar refractivity (Wildman–Crippen MR) is 93.9 cm³/mol. The molecule has 0 N–H and O–H groups in total. The third kappa shape index (κ3) is 2.98. The highest BCUT2D eigenvalue weighted by Gasteiger charge is 2.33. The number of hydrogen-bond donors (Lipinski definition) is 0. The van der Waals surface area contributed by atoms with Gasteiger partial charge >= 0.3 is 0 Å². The van der Waals surface area contributed by atoms with Crippen LogP contribution in [-0.4, -0.2) is 74.3 Å². The number of benzene rings is 1. The van der Waals surface area contributed by atoms with E-state index in [0.717, 1.165) is 24.5 Å². The molecule has 140 valence electrons. The Hall–Kier alpha value is -2.01. The largest absolute Gasteiger partial charge is 0.383 e. The number of methoxy groups -OCH3 is 1. The summed E-state index contributed by atoms with van der Waals surface area (Å²) < 4.78 is 40.1. The second-order valence-corrected chi connectivity index (χ2v) is 8.13.